The molecule has 23 heavy (non-hydrogen) atoms. The van der Waals surface area contributed by atoms with E-state index in [0.29, 0.717) is 13.2 Å². The quantitative estimate of drug-likeness (QED) is 0.631. The molecule has 4 rings (SSSR count). The second-order valence-corrected chi connectivity index (χ2v) is 6.36. The van der Waals surface area contributed by atoms with Gasteiger partial charge < -0.3 is 14.4 Å². The monoisotopic (exact) mass is 313 g/mol. The fraction of sp³-hybridized carbons (Fsp3) is 0.444. The molecule has 1 spiro atoms. The van der Waals surface area contributed by atoms with E-state index in [2.05, 4.69) is 0 Å². The van der Waals surface area contributed by atoms with Gasteiger partial charge in [-0.2, -0.15) is 0 Å². The van der Waals surface area contributed by atoms with Crippen LogP contribution in [-0.2, 0) is 19.1 Å². The van der Waals surface area contributed by atoms with E-state index in [1.54, 1.807) is 11.8 Å². The van der Waals surface area contributed by atoms with E-state index in [1.807, 2.05) is 43.3 Å². The molecule has 3 aliphatic rings. The van der Waals surface area contributed by atoms with Gasteiger partial charge in [0, 0.05) is 5.69 Å². The number of nitrogens with zero attached hydrogens (tertiary/aromatic N) is 1. The average Bonchev–Trinajstić information content (AvgIpc) is 3.16. The Morgan fingerprint density at radius 2 is 2.22 bits per heavy atom. The lowest BCUT2D eigenvalue weighted by atomic mass is 9.77. The van der Waals surface area contributed by atoms with Crippen molar-refractivity contribution in [3.8, 4) is 0 Å². The molecule has 4 atom stereocenters. The molecule has 1 aromatic rings. The van der Waals surface area contributed by atoms with Gasteiger partial charge in [0.1, 0.15) is 11.5 Å². The van der Waals surface area contributed by atoms with Crippen LogP contribution < -0.4 is 4.90 Å². The number of anilines is 1. The van der Waals surface area contributed by atoms with Crippen molar-refractivity contribution in [1.29, 1.82) is 0 Å². The summed E-state index contributed by atoms with van der Waals surface area (Å²) in [4.78, 5) is 27.1. The highest BCUT2D eigenvalue weighted by Gasteiger charge is 2.67. The number of rotatable bonds is 3. The van der Waals surface area contributed by atoms with E-state index in [0.717, 1.165) is 11.3 Å². The molecule has 0 saturated carbocycles. The Hall–Kier alpha value is -2.14. The van der Waals surface area contributed by atoms with Crippen LogP contribution in [0, 0.1) is 18.8 Å². The highest BCUT2D eigenvalue weighted by molar-refractivity contribution is 6.03. The number of esters is 1. The van der Waals surface area contributed by atoms with E-state index in [-0.39, 0.29) is 18.0 Å². The van der Waals surface area contributed by atoms with Crippen molar-refractivity contribution >= 4 is 17.6 Å². The summed E-state index contributed by atoms with van der Waals surface area (Å²) in [5.74, 6) is -1.42. The molecule has 5 nitrogen and oxygen atoms in total. The lowest BCUT2D eigenvalue weighted by molar-refractivity contribution is -0.151. The van der Waals surface area contributed by atoms with Gasteiger partial charge in [0.15, 0.2) is 0 Å². The van der Waals surface area contributed by atoms with Crippen molar-refractivity contribution in [2.75, 3.05) is 18.1 Å². The minimum Gasteiger partial charge on any atom is -0.466 e. The normalized spacial score (nSPS) is 34.1. The molecule has 2 unspecified atom stereocenters. The Balaban J connectivity index is 1.71. The molecule has 3 heterocycles. The summed E-state index contributed by atoms with van der Waals surface area (Å²) in [5.41, 5.74) is 1.22. The van der Waals surface area contributed by atoms with Gasteiger partial charge in [-0.25, -0.2) is 0 Å². The van der Waals surface area contributed by atoms with Gasteiger partial charge in [-0.3, -0.25) is 9.59 Å². The van der Waals surface area contributed by atoms with Crippen LogP contribution in [-0.4, -0.2) is 36.7 Å². The van der Waals surface area contributed by atoms with Crippen molar-refractivity contribution in [2.45, 2.75) is 25.6 Å². The third kappa shape index (κ3) is 1.89. The summed E-state index contributed by atoms with van der Waals surface area (Å²) in [6, 6.07) is 7.77. The van der Waals surface area contributed by atoms with Crippen LogP contribution >= 0.6 is 0 Å². The predicted octanol–water partition coefficient (Wildman–Crippen LogP) is 1.84. The SMILES string of the molecule is CCOC(=O)C1C2C(=O)N(c3ccccc3C)C[C@]23C=C[C@H]1O3. The van der Waals surface area contributed by atoms with Gasteiger partial charge in [-0.15, -0.1) is 0 Å². The Bertz CT molecular complexity index is 713. The van der Waals surface area contributed by atoms with Crippen molar-refractivity contribution in [3.05, 3.63) is 42.0 Å². The predicted molar refractivity (Wildman–Crippen MR) is 83.9 cm³/mol. The zero-order valence-electron chi connectivity index (χ0n) is 13.2. The van der Waals surface area contributed by atoms with Crippen LogP contribution in [0.3, 0.4) is 0 Å². The highest BCUT2D eigenvalue weighted by Crippen LogP contribution is 2.53. The van der Waals surface area contributed by atoms with Gasteiger partial charge >= 0.3 is 5.97 Å². The highest BCUT2D eigenvalue weighted by atomic mass is 16.6. The molecular weight excluding hydrogens is 294 g/mol. The summed E-state index contributed by atoms with van der Waals surface area (Å²) in [7, 11) is 0. The Labute approximate surface area is 134 Å². The maximum absolute atomic E-state index is 13.0. The van der Waals surface area contributed by atoms with Crippen molar-refractivity contribution in [3.63, 3.8) is 0 Å². The van der Waals surface area contributed by atoms with Crippen LogP contribution in [0.4, 0.5) is 5.69 Å². The number of amides is 1. The molecule has 1 amide bonds. The average molecular weight is 313 g/mol. The Morgan fingerprint density at radius 3 is 2.96 bits per heavy atom. The van der Waals surface area contributed by atoms with Gasteiger partial charge in [-0.05, 0) is 25.5 Å². The number of para-hydroxylation sites is 1. The number of hydrogen-bond acceptors (Lipinski definition) is 4. The van der Waals surface area contributed by atoms with Crippen molar-refractivity contribution in [1.82, 2.24) is 0 Å². The van der Waals surface area contributed by atoms with Gasteiger partial charge in [0.25, 0.3) is 0 Å². The number of benzene rings is 1. The third-order valence-corrected chi connectivity index (χ3v) is 5.07. The van der Waals surface area contributed by atoms with Crippen LogP contribution in [0.2, 0.25) is 0 Å². The molecule has 0 radical (unpaired) electrons. The topological polar surface area (TPSA) is 55.8 Å². The summed E-state index contributed by atoms with van der Waals surface area (Å²) in [6.07, 6.45) is 3.50. The molecule has 0 N–H and O–H groups in total. The lowest BCUT2D eigenvalue weighted by Gasteiger charge is -2.22. The Morgan fingerprint density at radius 1 is 1.43 bits per heavy atom. The molecule has 5 heteroatoms. The molecule has 0 aromatic heterocycles. The van der Waals surface area contributed by atoms with E-state index in [1.165, 1.54) is 0 Å². The summed E-state index contributed by atoms with van der Waals surface area (Å²) in [5, 5.41) is 0. The fourth-order valence-electron chi connectivity index (χ4n) is 4.08. The second kappa shape index (κ2) is 4.93. The zero-order chi connectivity index (χ0) is 16.2. The van der Waals surface area contributed by atoms with E-state index < -0.39 is 17.4 Å². The maximum atomic E-state index is 13.0. The summed E-state index contributed by atoms with van der Waals surface area (Å²) < 4.78 is 11.2. The molecule has 120 valence electrons. The molecule has 2 fully saturated rings. The molecule has 1 aromatic carbocycles. The third-order valence-electron chi connectivity index (χ3n) is 5.07. The molecule has 2 saturated heterocycles. The van der Waals surface area contributed by atoms with Crippen LogP contribution in [0.5, 0.6) is 0 Å². The first-order chi connectivity index (χ1) is 11.1. The van der Waals surface area contributed by atoms with Gasteiger partial charge in [-0.1, -0.05) is 30.4 Å². The van der Waals surface area contributed by atoms with Crippen LogP contribution in [0.15, 0.2) is 36.4 Å². The molecule has 3 aliphatic heterocycles. The number of ether oxygens (including phenoxy) is 2. The smallest absolute Gasteiger partial charge is 0.312 e. The largest absolute Gasteiger partial charge is 0.466 e. The number of carbonyl (C=O) groups excluding carboxylic acids is 2. The van der Waals surface area contributed by atoms with Crippen molar-refractivity contribution in [2.24, 2.45) is 11.8 Å². The minimum absolute atomic E-state index is 0.0517. The maximum Gasteiger partial charge on any atom is 0.312 e. The minimum atomic E-state index is -0.693. The Kier molecular flexibility index (Phi) is 3.10. The first-order valence-corrected chi connectivity index (χ1v) is 7.98. The first-order valence-electron chi connectivity index (χ1n) is 7.98. The van der Waals surface area contributed by atoms with Gasteiger partial charge in [0.05, 0.1) is 25.2 Å². The lowest BCUT2D eigenvalue weighted by Crippen LogP contribution is -2.40. The molecular formula is C18H19NO4. The van der Waals surface area contributed by atoms with Crippen LogP contribution in [0.25, 0.3) is 0 Å². The van der Waals surface area contributed by atoms with E-state index in [4.69, 9.17) is 9.47 Å². The van der Waals surface area contributed by atoms with E-state index >= 15 is 0 Å². The standard InChI is InChI=1S/C18H19NO4/c1-3-22-17(21)14-13-8-9-18(23-13)10-19(16(20)15(14)18)12-7-5-4-6-11(12)2/h4-9,13-15H,3,10H2,1-2H3/t13-,14?,15?,18-/m1/s1. The van der Waals surface area contributed by atoms with Gasteiger partial charge in [0.2, 0.25) is 5.91 Å². The zero-order valence-corrected chi connectivity index (χ0v) is 13.2. The van der Waals surface area contributed by atoms with E-state index in [9.17, 15) is 9.59 Å². The summed E-state index contributed by atoms with van der Waals surface area (Å²) >= 11 is 0. The number of hydrogen-bond donors (Lipinski definition) is 0. The fourth-order valence-corrected chi connectivity index (χ4v) is 4.08. The number of fused-ring (bicyclic) bond motifs is 1. The number of aryl methyl sites for hydroxylation is 1. The molecule has 2 bridgehead atoms. The van der Waals surface area contributed by atoms with Crippen molar-refractivity contribution < 1.29 is 19.1 Å². The first kappa shape index (κ1) is 14.5. The summed E-state index contributed by atoms with van der Waals surface area (Å²) in [6.45, 7) is 4.50. The van der Waals surface area contributed by atoms with Crippen LogP contribution in [0.1, 0.15) is 12.5 Å². The second-order valence-electron chi connectivity index (χ2n) is 6.36. The molecule has 0 aliphatic carbocycles. The number of carbonyl (C=O) groups is 2.